The minimum absolute atomic E-state index is 0.0839. The maximum absolute atomic E-state index is 13.4. The SMILES string of the molecule is COc1ccc(N[C@@H]2CCCN(C(=O)c3cccc4c(C)c(C)[nH]c34)C2)cc1OC. The number of nitrogens with one attached hydrogen (secondary N) is 2. The second kappa shape index (κ2) is 8.30. The van der Waals surface area contributed by atoms with E-state index in [1.807, 2.05) is 42.2 Å². The van der Waals surface area contributed by atoms with Crippen LogP contribution in [0.5, 0.6) is 11.5 Å². The van der Waals surface area contributed by atoms with E-state index in [4.69, 9.17) is 9.47 Å². The minimum Gasteiger partial charge on any atom is -0.493 e. The summed E-state index contributed by atoms with van der Waals surface area (Å²) < 4.78 is 10.7. The normalized spacial score (nSPS) is 16.5. The summed E-state index contributed by atoms with van der Waals surface area (Å²) in [5.74, 6) is 1.48. The fourth-order valence-corrected chi connectivity index (χ4v) is 4.27. The number of nitrogens with zero attached hydrogens (tertiary/aromatic N) is 1. The molecule has 1 aromatic heterocycles. The quantitative estimate of drug-likeness (QED) is 0.653. The molecule has 3 aromatic rings. The van der Waals surface area contributed by atoms with E-state index in [0.717, 1.165) is 47.2 Å². The first-order chi connectivity index (χ1) is 14.5. The van der Waals surface area contributed by atoms with E-state index >= 15 is 0 Å². The van der Waals surface area contributed by atoms with Crippen LogP contribution in [0.15, 0.2) is 36.4 Å². The van der Waals surface area contributed by atoms with Crippen LogP contribution in [-0.4, -0.2) is 49.1 Å². The van der Waals surface area contributed by atoms with Gasteiger partial charge in [0, 0.05) is 42.0 Å². The number of hydrogen-bond acceptors (Lipinski definition) is 4. The number of likely N-dealkylation sites (tertiary alicyclic amines) is 1. The zero-order chi connectivity index (χ0) is 21.3. The molecule has 0 aliphatic carbocycles. The molecule has 0 radical (unpaired) electrons. The van der Waals surface area contributed by atoms with Crippen LogP contribution in [0.1, 0.15) is 34.5 Å². The highest BCUT2D eigenvalue weighted by Gasteiger charge is 2.26. The molecule has 4 rings (SSSR count). The van der Waals surface area contributed by atoms with Gasteiger partial charge in [-0.25, -0.2) is 0 Å². The lowest BCUT2D eigenvalue weighted by Crippen LogP contribution is -2.45. The molecule has 6 nitrogen and oxygen atoms in total. The number of benzene rings is 2. The molecule has 1 fully saturated rings. The number of fused-ring (bicyclic) bond motifs is 1. The Hall–Kier alpha value is -3.15. The zero-order valence-electron chi connectivity index (χ0n) is 18.0. The first kappa shape index (κ1) is 20.1. The number of para-hydroxylation sites is 1. The zero-order valence-corrected chi connectivity index (χ0v) is 18.0. The summed E-state index contributed by atoms with van der Waals surface area (Å²) in [6.45, 7) is 5.58. The molecule has 1 saturated heterocycles. The number of anilines is 1. The van der Waals surface area contributed by atoms with Crippen molar-refractivity contribution in [3.05, 3.63) is 53.2 Å². The molecule has 2 heterocycles. The molecule has 0 unspecified atom stereocenters. The van der Waals surface area contributed by atoms with Gasteiger partial charge in [-0.3, -0.25) is 4.79 Å². The third kappa shape index (κ3) is 3.70. The summed E-state index contributed by atoms with van der Waals surface area (Å²) in [4.78, 5) is 18.7. The van der Waals surface area contributed by atoms with Crippen LogP contribution in [0.3, 0.4) is 0 Å². The number of hydrogen-bond donors (Lipinski definition) is 2. The molecule has 0 saturated carbocycles. The summed E-state index contributed by atoms with van der Waals surface area (Å²) in [5, 5.41) is 4.68. The standard InChI is InChI=1S/C24H29N3O3/c1-15-16(2)25-23-19(15)8-5-9-20(23)24(28)27-12-6-7-18(14-27)26-17-10-11-21(29-3)22(13-17)30-4/h5,8-11,13,18,25-26H,6-7,12,14H2,1-4H3/t18-/m1/s1. The molecule has 0 bridgehead atoms. The maximum Gasteiger partial charge on any atom is 0.256 e. The summed E-state index contributed by atoms with van der Waals surface area (Å²) in [5.41, 5.74) is 4.95. The number of methoxy groups -OCH3 is 2. The highest BCUT2D eigenvalue weighted by molar-refractivity contribution is 6.06. The van der Waals surface area contributed by atoms with Gasteiger partial charge in [0.25, 0.3) is 5.91 Å². The van der Waals surface area contributed by atoms with E-state index in [9.17, 15) is 4.79 Å². The molecule has 2 aromatic carbocycles. The number of amides is 1. The molecule has 1 atom stereocenters. The average molecular weight is 408 g/mol. The maximum atomic E-state index is 13.4. The molecule has 1 amide bonds. The van der Waals surface area contributed by atoms with E-state index < -0.39 is 0 Å². The third-order valence-corrected chi connectivity index (χ3v) is 6.04. The Bertz CT molecular complexity index is 1070. The van der Waals surface area contributed by atoms with Crippen molar-refractivity contribution in [2.75, 3.05) is 32.6 Å². The number of rotatable bonds is 5. The molecule has 6 heteroatoms. The van der Waals surface area contributed by atoms with Gasteiger partial charge in [0.15, 0.2) is 11.5 Å². The number of H-pyrrole nitrogens is 1. The van der Waals surface area contributed by atoms with Crippen molar-refractivity contribution < 1.29 is 14.3 Å². The summed E-state index contributed by atoms with van der Waals surface area (Å²) >= 11 is 0. The largest absolute Gasteiger partial charge is 0.493 e. The smallest absolute Gasteiger partial charge is 0.256 e. The lowest BCUT2D eigenvalue weighted by Gasteiger charge is -2.34. The Morgan fingerprint density at radius 3 is 2.70 bits per heavy atom. The monoisotopic (exact) mass is 407 g/mol. The summed E-state index contributed by atoms with van der Waals surface area (Å²) in [7, 11) is 3.26. The topological polar surface area (TPSA) is 66.6 Å². The number of piperidine rings is 1. The van der Waals surface area contributed by atoms with Crippen LogP contribution < -0.4 is 14.8 Å². The van der Waals surface area contributed by atoms with Gasteiger partial charge in [0.2, 0.25) is 0 Å². The average Bonchev–Trinajstić information content (AvgIpc) is 3.07. The second-order valence-electron chi connectivity index (χ2n) is 7.91. The Morgan fingerprint density at radius 1 is 1.13 bits per heavy atom. The van der Waals surface area contributed by atoms with Crippen LogP contribution in [0.25, 0.3) is 10.9 Å². The van der Waals surface area contributed by atoms with Crippen LogP contribution >= 0.6 is 0 Å². The van der Waals surface area contributed by atoms with Gasteiger partial charge in [-0.15, -0.1) is 0 Å². The van der Waals surface area contributed by atoms with E-state index in [1.54, 1.807) is 14.2 Å². The Balaban J connectivity index is 1.52. The predicted molar refractivity (Wildman–Crippen MR) is 120 cm³/mol. The fraction of sp³-hybridized carbons (Fsp3) is 0.375. The first-order valence-electron chi connectivity index (χ1n) is 10.4. The first-order valence-corrected chi connectivity index (χ1v) is 10.4. The molecular weight excluding hydrogens is 378 g/mol. The van der Waals surface area contributed by atoms with Gasteiger partial charge in [0.1, 0.15) is 0 Å². The van der Waals surface area contributed by atoms with Crippen molar-refractivity contribution >= 4 is 22.5 Å². The Labute approximate surface area is 177 Å². The van der Waals surface area contributed by atoms with Gasteiger partial charge in [-0.05, 0) is 50.5 Å². The van der Waals surface area contributed by atoms with Crippen molar-refractivity contribution in [2.45, 2.75) is 32.7 Å². The van der Waals surface area contributed by atoms with E-state index in [0.29, 0.717) is 18.0 Å². The number of aryl methyl sites for hydroxylation is 2. The van der Waals surface area contributed by atoms with Crippen molar-refractivity contribution in [3.8, 4) is 11.5 Å². The highest BCUT2D eigenvalue weighted by Crippen LogP contribution is 2.31. The highest BCUT2D eigenvalue weighted by atomic mass is 16.5. The third-order valence-electron chi connectivity index (χ3n) is 6.04. The molecule has 0 spiro atoms. The van der Waals surface area contributed by atoms with Crippen LogP contribution in [0.4, 0.5) is 5.69 Å². The van der Waals surface area contributed by atoms with E-state index in [1.165, 1.54) is 5.56 Å². The van der Waals surface area contributed by atoms with Gasteiger partial charge in [0.05, 0.1) is 25.3 Å². The molecule has 30 heavy (non-hydrogen) atoms. The Morgan fingerprint density at radius 2 is 1.93 bits per heavy atom. The van der Waals surface area contributed by atoms with Crippen LogP contribution in [0, 0.1) is 13.8 Å². The van der Waals surface area contributed by atoms with Gasteiger partial charge in [-0.2, -0.15) is 0 Å². The second-order valence-corrected chi connectivity index (χ2v) is 7.91. The van der Waals surface area contributed by atoms with Gasteiger partial charge >= 0.3 is 0 Å². The number of carbonyl (C=O) groups is 1. The van der Waals surface area contributed by atoms with E-state index in [-0.39, 0.29) is 11.9 Å². The van der Waals surface area contributed by atoms with Crippen LogP contribution in [0.2, 0.25) is 0 Å². The minimum atomic E-state index is 0.0839. The van der Waals surface area contributed by atoms with Crippen molar-refractivity contribution in [1.29, 1.82) is 0 Å². The molecule has 1 aliphatic rings. The number of aromatic amines is 1. The molecule has 158 valence electrons. The van der Waals surface area contributed by atoms with Crippen molar-refractivity contribution in [1.82, 2.24) is 9.88 Å². The number of carbonyl (C=O) groups excluding carboxylic acids is 1. The lowest BCUT2D eigenvalue weighted by molar-refractivity contribution is 0.0716. The number of ether oxygens (including phenoxy) is 2. The summed E-state index contributed by atoms with van der Waals surface area (Å²) in [6, 6.07) is 12.0. The Kier molecular flexibility index (Phi) is 5.57. The lowest BCUT2D eigenvalue weighted by atomic mass is 10.0. The van der Waals surface area contributed by atoms with E-state index in [2.05, 4.69) is 23.3 Å². The molecule has 1 aliphatic heterocycles. The summed E-state index contributed by atoms with van der Waals surface area (Å²) in [6.07, 6.45) is 1.98. The molecular formula is C24H29N3O3. The van der Waals surface area contributed by atoms with Crippen molar-refractivity contribution in [3.63, 3.8) is 0 Å². The van der Waals surface area contributed by atoms with Gasteiger partial charge in [-0.1, -0.05) is 12.1 Å². The van der Waals surface area contributed by atoms with Crippen molar-refractivity contribution in [2.24, 2.45) is 0 Å². The fourth-order valence-electron chi connectivity index (χ4n) is 4.27. The number of aromatic nitrogens is 1. The van der Waals surface area contributed by atoms with Crippen LogP contribution in [-0.2, 0) is 0 Å². The van der Waals surface area contributed by atoms with Gasteiger partial charge < -0.3 is 24.7 Å². The molecule has 2 N–H and O–H groups in total. The predicted octanol–water partition coefficient (Wildman–Crippen LogP) is 4.52.